The van der Waals surface area contributed by atoms with E-state index in [1.54, 1.807) is 0 Å². The molecule has 0 amide bonds. The van der Waals surface area contributed by atoms with Crippen LogP contribution in [0, 0.1) is 0 Å². The number of nitrogens with one attached hydrogen (secondary N) is 1. The molecule has 0 saturated heterocycles. The molecule has 0 saturated carbocycles. The van der Waals surface area contributed by atoms with Crippen molar-refractivity contribution in [3.05, 3.63) is 239 Å². The van der Waals surface area contributed by atoms with E-state index in [1.807, 2.05) is 42.5 Å². The Kier molecular flexibility index (Phi) is 7.42. The average Bonchev–Trinajstić information content (AvgIpc) is 3.81. The predicted molar refractivity (Wildman–Crippen MR) is 228 cm³/mol. The lowest BCUT2D eigenvalue weighted by molar-refractivity contribution is 0.669. The maximum atomic E-state index is 6.72. The Morgan fingerprint density at radius 2 is 1.02 bits per heavy atom. The van der Waals surface area contributed by atoms with E-state index in [2.05, 4.69) is 163 Å². The number of hydrogen-bond acceptors (Lipinski definition) is 4. The van der Waals surface area contributed by atoms with Crippen LogP contribution < -0.4 is 5.32 Å². The van der Waals surface area contributed by atoms with Crippen LogP contribution in [0.15, 0.2) is 215 Å². The summed E-state index contributed by atoms with van der Waals surface area (Å²) in [5, 5.41) is 5.81. The Balaban J connectivity index is 1.19. The Morgan fingerprint density at radius 3 is 1.75 bits per heavy atom. The summed E-state index contributed by atoms with van der Waals surface area (Å²) in [5.74, 6) is 1.52. The first-order valence-electron chi connectivity index (χ1n) is 19.1. The number of furan rings is 1. The molecule has 1 N–H and O–H groups in total. The van der Waals surface area contributed by atoms with Crippen LogP contribution in [0.4, 0.5) is 0 Å². The number of para-hydroxylation sites is 1. The number of rotatable bonds is 6. The van der Waals surface area contributed by atoms with Crippen molar-refractivity contribution in [3.63, 3.8) is 0 Å². The molecule has 1 aliphatic heterocycles. The summed E-state index contributed by atoms with van der Waals surface area (Å²) < 4.78 is 6.72. The van der Waals surface area contributed by atoms with Crippen LogP contribution in [0.5, 0.6) is 0 Å². The molecule has 0 spiro atoms. The largest absolute Gasteiger partial charge is 0.456 e. The second-order valence-corrected chi connectivity index (χ2v) is 14.5. The first-order chi connectivity index (χ1) is 27.8. The second-order valence-electron chi connectivity index (χ2n) is 14.5. The van der Waals surface area contributed by atoms with Crippen LogP contribution in [0.2, 0.25) is 0 Å². The Hall–Kier alpha value is -7.30. The van der Waals surface area contributed by atoms with Crippen LogP contribution in [-0.2, 0) is 5.41 Å². The molecule has 1 aromatic heterocycles. The molecule has 56 heavy (non-hydrogen) atoms. The van der Waals surface area contributed by atoms with Gasteiger partial charge in [0.2, 0.25) is 0 Å². The first kappa shape index (κ1) is 32.2. The topological polar surface area (TPSA) is 49.9 Å². The third-order valence-corrected chi connectivity index (χ3v) is 11.4. The molecule has 2 heterocycles. The van der Waals surface area contributed by atoms with E-state index in [9.17, 15) is 0 Å². The van der Waals surface area contributed by atoms with Crippen LogP contribution in [-0.4, -0.2) is 11.7 Å². The molecular formula is C52H35N3O. The van der Waals surface area contributed by atoms with Crippen molar-refractivity contribution >= 4 is 33.6 Å². The van der Waals surface area contributed by atoms with Crippen molar-refractivity contribution in [2.45, 2.75) is 11.6 Å². The van der Waals surface area contributed by atoms with Gasteiger partial charge in [-0.05, 0) is 68.3 Å². The predicted octanol–water partition coefficient (Wildman–Crippen LogP) is 12.1. The molecule has 9 aromatic rings. The van der Waals surface area contributed by atoms with E-state index in [1.165, 1.54) is 33.4 Å². The number of nitrogens with zero attached hydrogens (tertiary/aromatic N) is 2. The van der Waals surface area contributed by atoms with Gasteiger partial charge in [0, 0.05) is 21.9 Å². The molecule has 0 bridgehead atoms. The third-order valence-electron chi connectivity index (χ3n) is 11.4. The van der Waals surface area contributed by atoms with E-state index in [4.69, 9.17) is 14.4 Å². The summed E-state index contributed by atoms with van der Waals surface area (Å²) in [4.78, 5) is 10.4. The highest BCUT2D eigenvalue weighted by molar-refractivity contribution is 6.20. The van der Waals surface area contributed by atoms with Crippen molar-refractivity contribution in [2.24, 2.45) is 9.98 Å². The summed E-state index contributed by atoms with van der Waals surface area (Å²) in [6.07, 6.45) is -0.414. The molecule has 4 nitrogen and oxygen atoms in total. The van der Waals surface area contributed by atoms with E-state index < -0.39 is 11.6 Å². The number of aliphatic imine (C=N–C) groups is 2. The number of benzene rings is 8. The van der Waals surface area contributed by atoms with Crippen LogP contribution >= 0.6 is 0 Å². The second kappa shape index (κ2) is 12.9. The molecule has 264 valence electrons. The van der Waals surface area contributed by atoms with E-state index in [-0.39, 0.29) is 0 Å². The highest BCUT2D eigenvalue weighted by atomic mass is 16.3. The number of amidine groups is 2. The average molecular weight is 718 g/mol. The zero-order chi connectivity index (χ0) is 37.1. The maximum Gasteiger partial charge on any atom is 0.169 e. The summed E-state index contributed by atoms with van der Waals surface area (Å²) in [7, 11) is 0. The van der Waals surface area contributed by atoms with Gasteiger partial charge in [-0.2, -0.15) is 0 Å². The lowest BCUT2D eigenvalue weighted by atomic mass is 9.67. The Labute approximate surface area is 325 Å². The van der Waals surface area contributed by atoms with E-state index in [0.29, 0.717) is 0 Å². The quantitative estimate of drug-likeness (QED) is 0.186. The van der Waals surface area contributed by atoms with Crippen LogP contribution in [0.1, 0.15) is 45.1 Å². The summed E-state index contributed by atoms with van der Waals surface area (Å²) in [6.45, 7) is 0. The molecule has 1 aliphatic carbocycles. The highest BCUT2D eigenvalue weighted by Gasteiger charge is 2.46. The smallest absolute Gasteiger partial charge is 0.169 e. The van der Waals surface area contributed by atoms with Gasteiger partial charge in [-0.3, -0.25) is 0 Å². The van der Waals surface area contributed by atoms with Gasteiger partial charge in [-0.25, -0.2) is 9.98 Å². The minimum absolute atomic E-state index is 0.414. The highest BCUT2D eigenvalue weighted by Crippen LogP contribution is 2.58. The van der Waals surface area contributed by atoms with Crippen molar-refractivity contribution in [1.29, 1.82) is 0 Å². The molecule has 8 aromatic carbocycles. The zero-order valence-electron chi connectivity index (χ0n) is 30.4. The molecule has 2 aliphatic rings. The van der Waals surface area contributed by atoms with Gasteiger partial charge in [0.1, 0.15) is 22.8 Å². The van der Waals surface area contributed by atoms with Crippen molar-refractivity contribution < 1.29 is 4.42 Å². The summed E-state index contributed by atoms with van der Waals surface area (Å²) >= 11 is 0. The third kappa shape index (κ3) is 4.93. The van der Waals surface area contributed by atoms with Gasteiger partial charge < -0.3 is 9.73 Å². The molecule has 1 atom stereocenters. The molecule has 1 unspecified atom stereocenters. The van der Waals surface area contributed by atoms with Crippen molar-refractivity contribution in [2.75, 3.05) is 0 Å². The fraction of sp³-hybridized carbons (Fsp3) is 0.0385. The SMILES string of the molecule is c1ccc(C2=NC(c3ccccc3)N=C(c3cc(-c4cccc5c4-c4ccccc4C5(c4ccccc4)c4ccccc4)c4c(c3)oc3ccccc34)N2)cc1. The monoisotopic (exact) mass is 717 g/mol. The van der Waals surface area contributed by atoms with Gasteiger partial charge in [-0.1, -0.05) is 182 Å². The lowest BCUT2D eigenvalue weighted by Crippen LogP contribution is -2.36. The molecular weight excluding hydrogens is 683 g/mol. The van der Waals surface area contributed by atoms with Crippen LogP contribution in [0.3, 0.4) is 0 Å². The maximum absolute atomic E-state index is 6.72. The Morgan fingerprint density at radius 1 is 0.446 bits per heavy atom. The van der Waals surface area contributed by atoms with Gasteiger partial charge in [0.05, 0.1) is 5.41 Å². The fourth-order valence-electron chi connectivity index (χ4n) is 9.03. The Bertz CT molecular complexity index is 2940. The van der Waals surface area contributed by atoms with Gasteiger partial charge in [0.15, 0.2) is 6.17 Å². The lowest BCUT2D eigenvalue weighted by Gasteiger charge is -2.34. The van der Waals surface area contributed by atoms with Gasteiger partial charge in [-0.15, -0.1) is 0 Å². The summed E-state index contributed by atoms with van der Waals surface area (Å²) in [5.41, 5.74) is 13.8. The summed E-state index contributed by atoms with van der Waals surface area (Å²) in [6, 6.07) is 71.1. The zero-order valence-corrected chi connectivity index (χ0v) is 30.4. The van der Waals surface area contributed by atoms with E-state index >= 15 is 0 Å². The minimum Gasteiger partial charge on any atom is -0.456 e. The fourth-order valence-corrected chi connectivity index (χ4v) is 9.03. The van der Waals surface area contributed by atoms with Gasteiger partial charge >= 0.3 is 0 Å². The minimum atomic E-state index is -0.515. The number of hydrogen-bond donors (Lipinski definition) is 1. The van der Waals surface area contributed by atoms with Crippen molar-refractivity contribution in [3.8, 4) is 22.3 Å². The molecule has 4 heteroatoms. The first-order valence-corrected chi connectivity index (χ1v) is 19.1. The van der Waals surface area contributed by atoms with Gasteiger partial charge in [0.25, 0.3) is 0 Å². The normalized spacial score (nSPS) is 15.5. The molecule has 11 rings (SSSR count). The van der Waals surface area contributed by atoms with Crippen molar-refractivity contribution in [1.82, 2.24) is 5.32 Å². The standard InChI is InChI=1S/C52H35N3O/c1-5-18-34(19-6-1)49-53-50(35-20-7-2-8-21-35)55-51(54-49)36-32-42(48-41-27-14-16-31-45(41)56-46(48)33-36)39-28-17-30-44-47(39)40-26-13-15-29-43(40)52(44,37-22-9-3-10-23-37)38-24-11-4-12-25-38/h1-33,49H,(H,53,54,55). The molecule has 0 fully saturated rings. The number of fused-ring (bicyclic) bond motifs is 6. The van der Waals surface area contributed by atoms with Crippen LogP contribution in [0.25, 0.3) is 44.2 Å². The molecule has 0 radical (unpaired) electrons. The van der Waals surface area contributed by atoms with E-state index in [0.717, 1.165) is 61.4 Å².